The first-order valence-electron chi connectivity index (χ1n) is 6.23. The Morgan fingerprint density at radius 1 is 1.24 bits per heavy atom. The van der Waals surface area contributed by atoms with Gasteiger partial charge in [-0.05, 0) is 50.1 Å². The number of nitrogens with zero attached hydrogens (tertiary/aromatic N) is 1. The van der Waals surface area contributed by atoms with E-state index in [1.807, 2.05) is 6.92 Å². The number of aliphatic hydroxyl groups is 1. The predicted octanol–water partition coefficient (Wildman–Crippen LogP) is 2.42. The van der Waals surface area contributed by atoms with Crippen LogP contribution in [0.1, 0.15) is 28.4 Å². The third-order valence-electron chi connectivity index (χ3n) is 3.42. The smallest absolute Gasteiger partial charge is 0.359 e. The average Bonchev–Trinajstić information content (AvgIpc) is 2.68. The van der Waals surface area contributed by atoms with Crippen LogP contribution in [0.2, 0.25) is 0 Å². The molecule has 1 heterocycles. The van der Waals surface area contributed by atoms with Crippen LogP contribution in [-0.4, -0.2) is 27.9 Å². The molecule has 2 rings (SSSR count). The Morgan fingerprint density at radius 2 is 1.86 bits per heavy atom. The van der Waals surface area contributed by atoms with Gasteiger partial charge >= 0.3 is 6.18 Å². The van der Waals surface area contributed by atoms with Gasteiger partial charge in [-0.3, -0.25) is 10.2 Å². The first-order chi connectivity index (χ1) is 9.56. The van der Waals surface area contributed by atoms with Crippen LogP contribution in [0.15, 0.2) is 30.0 Å². The van der Waals surface area contributed by atoms with Crippen molar-refractivity contribution in [2.75, 3.05) is 0 Å². The fourth-order valence-electron chi connectivity index (χ4n) is 2.08. The van der Waals surface area contributed by atoms with Crippen molar-refractivity contribution < 1.29 is 23.1 Å². The second-order valence-corrected chi connectivity index (χ2v) is 5.10. The van der Waals surface area contributed by atoms with Gasteiger partial charge in [0.25, 0.3) is 11.6 Å². The Bertz CT molecular complexity index is 625. The highest BCUT2D eigenvalue weighted by Crippen LogP contribution is 2.38. The molecular weight excluding hydrogens is 285 g/mol. The first kappa shape index (κ1) is 15.4. The number of aryl methyl sites for hydroxylation is 2. The van der Waals surface area contributed by atoms with Gasteiger partial charge in [0, 0.05) is 11.3 Å². The topological polar surface area (TPSA) is 52.6 Å². The van der Waals surface area contributed by atoms with E-state index in [1.165, 1.54) is 19.1 Å². The van der Waals surface area contributed by atoms with Crippen molar-refractivity contribution in [2.45, 2.75) is 32.7 Å². The molecule has 0 saturated carbocycles. The molecule has 1 aromatic rings. The number of nitrogens with one attached hydrogen (secondary N) is 1. The van der Waals surface area contributed by atoms with E-state index in [9.17, 15) is 23.1 Å². The molecule has 4 nitrogen and oxygen atoms in total. The SMILES string of the molecule is CC1=CC(O)(C(F)(F)F)N(C(=O)c2ccc(C)c(C)c2)N1. The summed E-state index contributed by atoms with van der Waals surface area (Å²) < 4.78 is 39.2. The molecule has 7 heteroatoms. The maximum Gasteiger partial charge on any atom is 0.442 e. The number of hydrogen-bond acceptors (Lipinski definition) is 3. The number of carbonyl (C=O) groups is 1. The van der Waals surface area contributed by atoms with Gasteiger partial charge in [0.2, 0.25) is 0 Å². The summed E-state index contributed by atoms with van der Waals surface area (Å²) in [6.07, 6.45) is -4.43. The second kappa shape index (κ2) is 4.77. The maximum absolute atomic E-state index is 13.1. The minimum Gasteiger partial charge on any atom is -0.359 e. The van der Waals surface area contributed by atoms with Crippen molar-refractivity contribution >= 4 is 5.91 Å². The summed E-state index contributed by atoms with van der Waals surface area (Å²) in [5.41, 5.74) is 0.714. The summed E-state index contributed by atoms with van der Waals surface area (Å²) in [5, 5.41) is 10.1. The highest BCUT2D eigenvalue weighted by atomic mass is 19.4. The first-order valence-corrected chi connectivity index (χ1v) is 6.23. The molecule has 1 aromatic carbocycles. The van der Waals surface area contributed by atoms with Crippen LogP contribution >= 0.6 is 0 Å². The second-order valence-electron chi connectivity index (χ2n) is 5.10. The monoisotopic (exact) mass is 300 g/mol. The zero-order valence-electron chi connectivity index (χ0n) is 11.7. The predicted molar refractivity (Wildman–Crippen MR) is 70.0 cm³/mol. The summed E-state index contributed by atoms with van der Waals surface area (Å²) >= 11 is 0. The van der Waals surface area contributed by atoms with E-state index < -0.39 is 17.8 Å². The lowest BCUT2D eigenvalue weighted by atomic mass is 10.0. The summed E-state index contributed by atoms with van der Waals surface area (Å²) in [7, 11) is 0. The number of alkyl halides is 3. The molecule has 1 unspecified atom stereocenters. The molecule has 0 bridgehead atoms. The molecule has 0 saturated heterocycles. The summed E-state index contributed by atoms with van der Waals surface area (Å²) in [4.78, 5) is 12.3. The van der Waals surface area contributed by atoms with Crippen molar-refractivity contribution in [3.63, 3.8) is 0 Å². The molecular formula is C14H15F3N2O2. The van der Waals surface area contributed by atoms with Gasteiger partial charge in [-0.15, -0.1) is 0 Å². The van der Waals surface area contributed by atoms with E-state index in [0.29, 0.717) is 6.08 Å². The molecule has 1 amide bonds. The van der Waals surface area contributed by atoms with Crippen LogP contribution in [0.3, 0.4) is 0 Å². The van der Waals surface area contributed by atoms with E-state index in [-0.39, 0.29) is 16.3 Å². The number of hydrazine groups is 1. The lowest BCUT2D eigenvalue weighted by Gasteiger charge is -2.33. The molecule has 1 atom stereocenters. The van der Waals surface area contributed by atoms with Crippen molar-refractivity contribution in [3.05, 3.63) is 46.7 Å². The quantitative estimate of drug-likeness (QED) is 0.837. The number of allylic oxidation sites excluding steroid dienone is 1. The minimum absolute atomic E-state index is 0.0482. The Balaban J connectivity index is 2.41. The zero-order chi connectivity index (χ0) is 16.0. The molecule has 1 aliphatic rings. The molecule has 114 valence electrons. The Morgan fingerprint density at radius 3 is 2.38 bits per heavy atom. The largest absolute Gasteiger partial charge is 0.442 e. The van der Waals surface area contributed by atoms with E-state index >= 15 is 0 Å². The molecule has 0 spiro atoms. The van der Waals surface area contributed by atoms with Gasteiger partial charge in [0.15, 0.2) is 0 Å². The van der Waals surface area contributed by atoms with Crippen molar-refractivity contribution in [2.24, 2.45) is 0 Å². The highest BCUT2D eigenvalue weighted by molar-refractivity contribution is 5.95. The zero-order valence-corrected chi connectivity index (χ0v) is 11.7. The fraction of sp³-hybridized carbons (Fsp3) is 0.357. The average molecular weight is 300 g/mol. The molecule has 0 radical (unpaired) electrons. The van der Waals surface area contributed by atoms with Crippen molar-refractivity contribution in [3.8, 4) is 0 Å². The van der Waals surface area contributed by atoms with E-state index in [2.05, 4.69) is 5.43 Å². The number of hydrogen-bond donors (Lipinski definition) is 2. The summed E-state index contributed by atoms with van der Waals surface area (Å²) in [5.74, 6) is -0.953. The number of amides is 1. The van der Waals surface area contributed by atoms with Crippen LogP contribution in [-0.2, 0) is 0 Å². The Kier molecular flexibility index (Phi) is 3.49. The summed E-state index contributed by atoms with van der Waals surface area (Å²) in [6.45, 7) is 4.92. The van der Waals surface area contributed by atoms with Crippen LogP contribution in [0.5, 0.6) is 0 Å². The van der Waals surface area contributed by atoms with Crippen LogP contribution in [0.4, 0.5) is 13.2 Å². The van der Waals surface area contributed by atoms with Gasteiger partial charge in [-0.2, -0.15) is 13.2 Å². The molecule has 0 fully saturated rings. The number of benzene rings is 1. The van der Waals surface area contributed by atoms with Gasteiger partial charge in [-0.1, -0.05) is 6.07 Å². The highest BCUT2D eigenvalue weighted by Gasteiger charge is 2.61. The summed E-state index contributed by atoms with van der Waals surface area (Å²) in [6, 6.07) is 4.56. The van der Waals surface area contributed by atoms with Crippen molar-refractivity contribution in [1.29, 1.82) is 0 Å². The van der Waals surface area contributed by atoms with Crippen molar-refractivity contribution in [1.82, 2.24) is 10.4 Å². The molecule has 2 N–H and O–H groups in total. The molecule has 21 heavy (non-hydrogen) atoms. The standard InChI is InChI=1S/C14H15F3N2O2/c1-8-4-5-11(6-9(8)2)12(20)19-13(21,14(15,16)17)7-10(3)18-19/h4-7,18,21H,1-3H3. The normalized spacial score (nSPS) is 22.0. The fourth-order valence-corrected chi connectivity index (χ4v) is 2.08. The minimum atomic E-state index is -5.01. The number of rotatable bonds is 1. The van der Waals surface area contributed by atoms with Gasteiger partial charge < -0.3 is 5.11 Å². The third-order valence-corrected chi connectivity index (χ3v) is 3.42. The molecule has 0 aliphatic carbocycles. The van der Waals surface area contributed by atoms with Crippen LogP contribution < -0.4 is 5.43 Å². The van der Waals surface area contributed by atoms with Gasteiger partial charge in [0.1, 0.15) is 0 Å². The number of carbonyl (C=O) groups excluding carboxylic acids is 1. The third kappa shape index (κ3) is 2.49. The van der Waals surface area contributed by atoms with Crippen LogP contribution in [0, 0.1) is 13.8 Å². The van der Waals surface area contributed by atoms with Gasteiger partial charge in [-0.25, -0.2) is 5.01 Å². The Hall–Kier alpha value is -2.02. The van der Waals surface area contributed by atoms with E-state index in [0.717, 1.165) is 11.1 Å². The lowest BCUT2D eigenvalue weighted by Crippen LogP contribution is -2.60. The maximum atomic E-state index is 13.1. The molecule has 1 aliphatic heterocycles. The van der Waals surface area contributed by atoms with E-state index in [1.54, 1.807) is 13.0 Å². The Labute approximate surface area is 119 Å². The van der Waals surface area contributed by atoms with Gasteiger partial charge in [0.05, 0.1) is 0 Å². The van der Waals surface area contributed by atoms with Crippen LogP contribution in [0.25, 0.3) is 0 Å². The lowest BCUT2D eigenvalue weighted by molar-refractivity contribution is -0.283. The number of halogens is 3. The van der Waals surface area contributed by atoms with E-state index in [4.69, 9.17) is 0 Å². The molecule has 0 aromatic heterocycles.